The number of aliphatic carboxylic acids is 1. The van der Waals surface area contributed by atoms with Crippen LogP contribution in [0.1, 0.15) is 29.9 Å². The van der Waals surface area contributed by atoms with Crippen molar-refractivity contribution in [2.45, 2.75) is 26.7 Å². The Bertz CT molecular complexity index is 783. The number of halogens is 1. The molecule has 0 amide bonds. The van der Waals surface area contributed by atoms with Gasteiger partial charge in [0.2, 0.25) is 0 Å². The van der Waals surface area contributed by atoms with Crippen LogP contribution >= 0.6 is 11.6 Å². The van der Waals surface area contributed by atoms with Gasteiger partial charge < -0.3 is 13.9 Å². The first-order chi connectivity index (χ1) is 9.40. The molecule has 0 fully saturated rings. The second-order valence-corrected chi connectivity index (χ2v) is 5.37. The van der Waals surface area contributed by atoms with E-state index < -0.39 is 11.9 Å². The van der Waals surface area contributed by atoms with Gasteiger partial charge in [-0.05, 0) is 32.9 Å². The summed E-state index contributed by atoms with van der Waals surface area (Å²) in [4.78, 5) is 11.4. The Morgan fingerprint density at radius 1 is 1.15 bits per heavy atom. The van der Waals surface area contributed by atoms with Gasteiger partial charge in [-0.25, -0.2) is 0 Å². The highest BCUT2D eigenvalue weighted by molar-refractivity contribution is 6.40. The van der Waals surface area contributed by atoms with Gasteiger partial charge in [0.15, 0.2) is 5.58 Å². The third kappa shape index (κ3) is 1.72. The van der Waals surface area contributed by atoms with E-state index in [0.717, 1.165) is 0 Å². The van der Waals surface area contributed by atoms with Crippen molar-refractivity contribution < 1.29 is 18.7 Å². The van der Waals surface area contributed by atoms with Gasteiger partial charge in [-0.1, -0.05) is 11.6 Å². The average Bonchev–Trinajstić information content (AvgIpc) is 2.92. The molecule has 0 aliphatic heterocycles. The first-order valence-corrected chi connectivity index (χ1v) is 6.62. The van der Waals surface area contributed by atoms with Crippen LogP contribution in [-0.4, -0.2) is 11.1 Å². The molecule has 2 aromatic heterocycles. The number of fused-ring (bicyclic) bond motifs is 2. The molecule has 1 aromatic carbocycles. The highest BCUT2D eigenvalue weighted by atomic mass is 35.5. The Labute approximate surface area is 119 Å². The molecule has 0 radical (unpaired) electrons. The number of hydrogen-bond acceptors (Lipinski definition) is 3. The number of carboxylic acids is 1. The minimum atomic E-state index is -0.914. The number of benzene rings is 1. The zero-order chi connectivity index (χ0) is 14.6. The summed E-state index contributed by atoms with van der Waals surface area (Å²) in [6.45, 7) is 5.24. The zero-order valence-electron chi connectivity index (χ0n) is 11.3. The molecule has 0 saturated heterocycles. The lowest BCUT2D eigenvalue weighted by molar-refractivity contribution is -0.138. The molecule has 1 N–H and O–H groups in total. The summed E-state index contributed by atoms with van der Waals surface area (Å²) >= 11 is 6.36. The van der Waals surface area contributed by atoms with Crippen LogP contribution in [0.4, 0.5) is 0 Å². The largest absolute Gasteiger partial charge is 0.481 e. The Morgan fingerprint density at radius 2 is 1.70 bits per heavy atom. The van der Waals surface area contributed by atoms with Crippen LogP contribution in [0.25, 0.3) is 21.9 Å². The van der Waals surface area contributed by atoms with Gasteiger partial charge in [-0.3, -0.25) is 4.79 Å². The molecular formula is C15H13ClO4. The van der Waals surface area contributed by atoms with Crippen LogP contribution in [0.2, 0.25) is 5.02 Å². The van der Waals surface area contributed by atoms with Gasteiger partial charge in [0.25, 0.3) is 0 Å². The zero-order valence-corrected chi connectivity index (χ0v) is 12.0. The minimum absolute atomic E-state index is 0.460. The van der Waals surface area contributed by atoms with Gasteiger partial charge in [-0.15, -0.1) is 0 Å². The minimum Gasteiger partial charge on any atom is -0.481 e. The molecule has 0 bridgehead atoms. The SMILES string of the molecule is Cc1cc2c(C(C)C(=O)O)c3oc(C)cc3c(Cl)c2o1. The van der Waals surface area contributed by atoms with Gasteiger partial charge in [0.1, 0.15) is 17.1 Å². The quantitative estimate of drug-likeness (QED) is 0.747. The van der Waals surface area contributed by atoms with Crippen LogP contribution < -0.4 is 0 Å². The Kier molecular flexibility index (Phi) is 2.80. The van der Waals surface area contributed by atoms with Gasteiger partial charge >= 0.3 is 5.97 Å². The molecule has 5 heteroatoms. The Hall–Kier alpha value is -1.94. The maximum absolute atomic E-state index is 11.4. The fourth-order valence-electron chi connectivity index (χ4n) is 2.55. The smallest absolute Gasteiger partial charge is 0.310 e. The van der Waals surface area contributed by atoms with Crippen molar-refractivity contribution in [1.82, 2.24) is 0 Å². The monoisotopic (exact) mass is 292 g/mol. The molecule has 0 saturated carbocycles. The van der Waals surface area contributed by atoms with Crippen LogP contribution in [0, 0.1) is 13.8 Å². The predicted molar refractivity (Wildman–Crippen MR) is 76.5 cm³/mol. The molecular weight excluding hydrogens is 280 g/mol. The van der Waals surface area contributed by atoms with Crippen molar-refractivity contribution in [3.8, 4) is 0 Å². The van der Waals surface area contributed by atoms with Crippen molar-refractivity contribution >= 4 is 39.5 Å². The lowest BCUT2D eigenvalue weighted by Crippen LogP contribution is -2.08. The number of hydrogen-bond donors (Lipinski definition) is 1. The van der Waals surface area contributed by atoms with Crippen molar-refractivity contribution in [3.05, 3.63) is 34.2 Å². The second-order valence-electron chi connectivity index (χ2n) is 4.99. The third-order valence-corrected chi connectivity index (χ3v) is 3.86. The fraction of sp³-hybridized carbons (Fsp3) is 0.267. The average molecular weight is 293 g/mol. The number of furan rings is 2. The molecule has 0 spiro atoms. The maximum atomic E-state index is 11.4. The molecule has 3 aromatic rings. The molecule has 1 atom stereocenters. The van der Waals surface area contributed by atoms with E-state index >= 15 is 0 Å². The Morgan fingerprint density at radius 3 is 2.30 bits per heavy atom. The third-order valence-electron chi connectivity index (χ3n) is 3.48. The van der Waals surface area contributed by atoms with E-state index in [0.29, 0.717) is 44.0 Å². The summed E-state index contributed by atoms with van der Waals surface area (Å²) in [6, 6.07) is 3.60. The van der Waals surface area contributed by atoms with Crippen molar-refractivity contribution in [2.24, 2.45) is 0 Å². The standard InChI is InChI=1S/C15H13ClO4/c1-6-4-9-11(8(3)15(17)18)13-10(5-7(2)19-13)12(16)14(9)20-6/h4-5,8H,1-3H3,(H,17,18). The van der Waals surface area contributed by atoms with Crippen molar-refractivity contribution in [3.63, 3.8) is 0 Å². The van der Waals surface area contributed by atoms with E-state index in [1.165, 1.54) is 0 Å². The summed E-state index contributed by atoms with van der Waals surface area (Å²) in [5.41, 5.74) is 1.65. The molecule has 20 heavy (non-hydrogen) atoms. The predicted octanol–water partition coefficient (Wildman–Crippen LogP) is 4.64. The summed E-state index contributed by atoms with van der Waals surface area (Å²) in [5.74, 6) is -0.252. The molecule has 2 heterocycles. The van der Waals surface area contributed by atoms with E-state index in [-0.39, 0.29) is 0 Å². The number of carbonyl (C=O) groups is 1. The first-order valence-electron chi connectivity index (χ1n) is 6.24. The molecule has 4 nitrogen and oxygen atoms in total. The summed E-state index contributed by atoms with van der Waals surface area (Å²) < 4.78 is 11.3. The molecule has 0 aliphatic carbocycles. The van der Waals surface area contributed by atoms with E-state index in [9.17, 15) is 9.90 Å². The van der Waals surface area contributed by atoms with E-state index in [2.05, 4.69) is 0 Å². The van der Waals surface area contributed by atoms with Crippen LogP contribution in [0.5, 0.6) is 0 Å². The summed E-state index contributed by atoms with van der Waals surface area (Å²) in [5, 5.41) is 11.2. The molecule has 0 aliphatic rings. The lowest BCUT2D eigenvalue weighted by Gasteiger charge is -2.09. The Balaban J connectivity index is 2.54. The highest BCUT2D eigenvalue weighted by Crippen LogP contribution is 2.42. The molecule has 104 valence electrons. The highest BCUT2D eigenvalue weighted by Gasteiger charge is 2.26. The van der Waals surface area contributed by atoms with Crippen LogP contribution in [-0.2, 0) is 4.79 Å². The number of carboxylic acid groups (broad SMARTS) is 1. The van der Waals surface area contributed by atoms with Crippen LogP contribution in [0.15, 0.2) is 21.0 Å². The first kappa shape index (κ1) is 13.1. The van der Waals surface area contributed by atoms with Crippen molar-refractivity contribution in [1.29, 1.82) is 0 Å². The number of aryl methyl sites for hydroxylation is 2. The number of rotatable bonds is 2. The van der Waals surface area contributed by atoms with Gasteiger partial charge in [0.05, 0.1) is 10.9 Å². The van der Waals surface area contributed by atoms with E-state index in [1.807, 2.05) is 0 Å². The summed E-state index contributed by atoms with van der Waals surface area (Å²) in [6.07, 6.45) is 0. The van der Waals surface area contributed by atoms with E-state index in [4.69, 9.17) is 20.4 Å². The topological polar surface area (TPSA) is 63.6 Å². The molecule has 1 unspecified atom stereocenters. The van der Waals surface area contributed by atoms with Crippen molar-refractivity contribution in [2.75, 3.05) is 0 Å². The van der Waals surface area contributed by atoms with Gasteiger partial charge in [-0.2, -0.15) is 0 Å². The maximum Gasteiger partial charge on any atom is 0.310 e. The normalized spacial score (nSPS) is 13.2. The fourth-order valence-corrected chi connectivity index (χ4v) is 2.83. The lowest BCUT2D eigenvalue weighted by atomic mass is 9.95. The van der Waals surface area contributed by atoms with Crippen LogP contribution in [0.3, 0.4) is 0 Å². The second kappa shape index (κ2) is 4.28. The van der Waals surface area contributed by atoms with Gasteiger partial charge in [0, 0.05) is 16.3 Å². The van der Waals surface area contributed by atoms with E-state index in [1.54, 1.807) is 32.9 Å². The summed E-state index contributed by atoms with van der Waals surface area (Å²) in [7, 11) is 0. The molecule has 3 rings (SSSR count).